The summed E-state index contributed by atoms with van der Waals surface area (Å²) in [4.78, 5) is 1.47. The van der Waals surface area contributed by atoms with Crippen molar-refractivity contribution in [3.8, 4) is 17.2 Å². The molecule has 1 N–H and O–H groups in total. The van der Waals surface area contributed by atoms with Crippen LogP contribution in [0.2, 0.25) is 0 Å². The molecule has 0 aliphatic rings. The molecular formula is C17H19N3O2. The van der Waals surface area contributed by atoms with Crippen LogP contribution in [0, 0.1) is 0 Å². The Labute approximate surface area is 129 Å². The lowest BCUT2D eigenvalue weighted by atomic mass is 9.86. The number of fused-ring (bicyclic) bond motifs is 1. The molecule has 0 saturated carbocycles. The Hall–Kier alpha value is -2.56. The van der Waals surface area contributed by atoms with Crippen LogP contribution in [0.3, 0.4) is 0 Å². The Morgan fingerprint density at radius 1 is 1.05 bits per heavy atom. The van der Waals surface area contributed by atoms with Gasteiger partial charge in [-0.05, 0) is 23.6 Å². The van der Waals surface area contributed by atoms with Gasteiger partial charge in [-0.3, -0.25) is 0 Å². The highest BCUT2D eigenvalue weighted by molar-refractivity contribution is 5.75. The van der Waals surface area contributed by atoms with Crippen molar-refractivity contribution in [2.75, 3.05) is 7.11 Å². The Kier molecular flexibility index (Phi) is 3.28. The molecule has 0 saturated heterocycles. The first-order valence-corrected chi connectivity index (χ1v) is 7.14. The van der Waals surface area contributed by atoms with Crippen molar-refractivity contribution in [2.24, 2.45) is 0 Å². The summed E-state index contributed by atoms with van der Waals surface area (Å²) in [5.41, 5.74) is 2.75. The molecule has 0 aliphatic heterocycles. The van der Waals surface area contributed by atoms with Crippen molar-refractivity contribution in [1.82, 2.24) is 15.0 Å². The molecule has 1 heterocycles. The van der Waals surface area contributed by atoms with E-state index in [0.29, 0.717) is 5.69 Å². The molecule has 114 valence electrons. The number of methoxy groups -OCH3 is 1. The molecule has 5 heteroatoms. The lowest BCUT2D eigenvalue weighted by Crippen LogP contribution is -2.12. The molecule has 0 fully saturated rings. The number of hydrogen-bond donors (Lipinski definition) is 1. The highest BCUT2D eigenvalue weighted by Crippen LogP contribution is 2.34. The summed E-state index contributed by atoms with van der Waals surface area (Å²) < 4.78 is 5.20. The number of rotatable bonds is 2. The van der Waals surface area contributed by atoms with Crippen molar-refractivity contribution in [3.05, 3.63) is 42.0 Å². The number of nitrogens with zero attached hydrogens (tertiary/aromatic N) is 3. The van der Waals surface area contributed by atoms with Crippen molar-refractivity contribution in [2.45, 2.75) is 26.2 Å². The molecule has 2 aromatic carbocycles. The quantitative estimate of drug-likeness (QED) is 0.787. The van der Waals surface area contributed by atoms with E-state index in [9.17, 15) is 5.11 Å². The SMILES string of the molecule is COc1ccc2nn(-c3cccc(C(C)(C)C)c3O)nc2c1. The van der Waals surface area contributed by atoms with E-state index in [-0.39, 0.29) is 11.2 Å². The molecule has 0 amide bonds. The lowest BCUT2D eigenvalue weighted by molar-refractivity contribution is 0.415. The van der Waals surface area contributed by atoms with Gasteiger partial charge in [-0.15, -0.1) is 15.0 Å². The minimum absolute atomic E-state index is 0.157. The molecular weight excluding hydrogens is 278 g/mol. The Bertz CT molecular complexity index is 832. The molecule has 3 rings (SSSR count). The zero-order chi connectivity index (χ0) is 15.9. The van der Waals surface area contributed by atoms with Crippen LogP contribution < -0.4 is 4.74 Å². The minimum atomic E-state index is -0.157. The number of phenolic OH excluding ortho intramolecular Hbond substituents is 1. The fraction of sp³-hybridized carbons (Fsp3) is 0.294. The highest BCUT2D eigenvalue weighted by Gasteiger charge is 2.21. The molecule has 0 radical (unpaired) electrons. The van der Waals surface area contributed by atoms with Crippen LogP contribution in [0.15, 0.2) is 36.4 Å². The van der Waals surface area contributed by atoms with Crippen LogP contribution in [0.1, 0.15) is 26.3 Å². The summed E-state index contributed by atoms with van der Waals surface area (Å²) in [5.74, 6) is 0.939. The highest BCUT2D eigenvalue weighted by atomic mass is 16.5. The molecule has 22 heavy (non-hydrogen) atoms. The molecule has 1 aromatic heterocycles. The topological polar surface area (TPSA) is 60.2 Å². The number of phenols is 1. The van der Waals surface area contributed by atoms with Crippen LogP contribution in [0.4, 0.5) is 0 Å². The van der Waals surface area contributed by atoms with E-state index < -0.39 is 0 Å². The van der Waals surface area contributed by atoms with Gasteiger partial charge in [0.15, 0.2) is 0 Å². The molecule has 0 spiro atoms. The van der Waals surface area contributed by atoms with Gasteiger partial charge in [0.25, 0.3) is 0 Å². The third kappa shape index (κ3) is 2.39. The van der Waals surface area contributed by atoms with Crippen molar-refractivity contribution in [3.63, 3.8) is 0 Å². The molecule has 5 nitrogen and oxygen atoms in total. The number of hydrogen-bond acceptors (Lipinski definition) is 4. The van der Waals surface area contributed by atoms with Crippen LogP contribution in [0.5, 0.6) is 11.5 Å². The molecule has 0 unspecified atom stereocenters. The number of ether oxygens (including phenoxy) is 1. The van der Waals surface area contributed by atoms with Gasteiger partial charge in [-0.1, -0.05) is 32.9 Å². The lowest BCUT2D eigenvalue weighted by Gasteiger charge is -2.21. The zero-order valence-corrected chi connectivity index (χ0v) is 13.2. The maximum absolute atomic E-state index is 10.6. The van der Waals surface area contributed by atoms with E-state index in [0.717, 1.165) is 22.3 Å². The zero-order valence-electron chi connectivity index (χ0n) is 13.2. The second-order valence-corrected chi connectivity index (χ2v) is 6.27. The molecule has 0 bridgehead atoms. The van der Waals surface area contributed by atoms with E-state index in [4.69, 9.17) is 4.74 Å². The maximum Gasteiger partial charge on any atom is 0.146 e. The van der Waals surface area contributed by atoms with Crippen molar-refractivity contribution in [1.29, 1.82) is 0 Å². The monoisotopic (exact) mass is 297 g/mol. The van der Waals surface area contributed by atoms with Gasteiger partial charge in [0.2, 0.25) is 0 Å². The first kappa shape index (κ1) is 14.4. The van der Waals surface area contributed by atoms with E-state index in [1.165, 1.54) is 4.80 Å². The maximum atomic E-state index is 10.6. The van der Waals surface area contributed by atoms with Crippen LogP contribution in [0.25, 0.3) is 16.7 Å². The Balaban J connectivity index is 2.15. The number of aromatic hydroxyl groups is 1. The van der Waals surface area contributed by atoms with Gasteiger partial charge in [-0.25, -0.2) is 0 Å². The molecule has 3 aromatic rings. The van der Waals surface area contributed by atoms with Crippen molar-refractivity contribution >= 4 is 11.0 Å². The number of benzene rings is 2. The smallest absolute Gasteiger partial charge is 0.146 e. The predicted molar refractivity (Wildman–Crippen MR) is 85.8 cm³/mol. The Morgan fingerprint density at radius 2 is 1.77 bits per heavy atom. The normalized spacial score (nSPS) is 11.8. The molecule has 0 atom stereocenters. The van der Waals surface area contributed by atoms with Crippen LogP contribution in [-0.4, -0.2) is 27.2 Å². The van der Waals surface area contributed by atoms with Crippen LogP contribution in [-0.2, 0) is 5.41 Å². The van der Waals surface area contributed by atoms with E-state index in [1.807, 2.05) is 30.3 Å². The average Bonchev–Trinajstić information content (AvgIpc) is 2.88. The van der Waals surface area contributed by atoms with Gasteiger partial charge in [0.05, 0.1) is 7.11 Å². The predicted octanol–water partition coefficient (Wildman–Crippen LogP) is 3.43. The fourth-order valence-corrected chi connectivity index (χ4v) is 2.43. The van der Waals surface area contributed by atoms with Gasteiger partial charge in [0, 0.05) is 11.6 Å². The largest absolute Gasteiger partial charge is 0.505 e. The van der Waals surface area contributed by atoms with E-state index >= 15 is 0 Å². The van der Waals surface area contributed by atoms with Crippen molar-refractivity contribution < 1.29 is 9.84 Å². The van der Waals surface area contributed by atoms with E-state index in [1.54, 1.807) is 13.2 Å². The molecule has 0 aliphatic carbocycles. The standard InChI is InChI=1S/C17H19N3O2/c1-17(2,3)12-6-5-7-15(16(12)21)20-18-13-9-8-11(22-4)10-14(13)19-20/h5-10,21H,1-4H3. The van der Waals surface area contributed by atoms with Crippen LogP contribution >= 0.6 is 0 Å². The Morgan fingerprint density at radius 3 is 2.45 bits per heavy atom. The minimum Gasteiger partial charge on any atom is -0.505 e. The third-order valence-corrected chi connectivity index (χ3v) is 3.63. The first-order chi connectivity index (χ1) is 10.4. The summed E-state index contributed by atoms with van der Waals surface area (Å²) in [5, 5.41) is 19.5. The first-order valence-electron chi connectivity index (χ1n) is 7.14. The third-order valence-electron chi connectivity index (χ3n) is 3.63. The summed E-state index contributed by atoms with van der Waals surface area (Å²) in [7, 11) is 1.62. The van der Waals surface area contributed by atoms with E-state index in [2.05, 4.69) is 31.0 Å². The number of para-hydroxylation sites is 1. The number of aromatic nitrogens is 3. The fourth-order valence-electron chi connectivity index (χ4n) is 2.43. The van der Waals surface area contributed by atoms with Gasteiger partial charge in [-0.2, -0.15) is 0 Å². The average molecular weight is 297 g/mol. The van der Waals surface area contributed by atoms with Gasteiger partial charge >= 0.3 is 0 Å². The van der Waals surface area contributed by atoms with Gasteiger partial charge in [0.1, 0.15) is 28.2 Å². The second-order valence-electron chi connectivity index (χ2n) is 6.27. The van der Waals surface area contributed by atoms with Gasteiger partial charge < -0.3 is 9.84 Å². The second kappa shape index (κ2) is 5.02. The summed E-state index contributed by atoms with van der Waals surface area (Å²) in [6.07, 6.45) is 0. The summed E-state index contributed by atoms with van der Waals surface area (Å²) in [6.45, 7) is 6.18. The summed E-state index contributed by atoms with van der Waals surface area (Å²) >= 11 is 0. The summed E-state index contributed by atoms with van der Waals surface area (Å²) in [6, 6.07) is 11.1.